The van der Waals surface area contributed by atoms with E-state index >= 15 is 0 Å². The first-order valence-corrected chi connectivity index (χ1v) is 7.37. The molecule has 23 heavy (non-hydrogen) atoms. The smallest absolute Gasteiger partial charge is 0.260 e. The Bertz CT molecular complexity index is 923. The molecule has 1 aromatic carbocycles. The SMILES string of the molecule is COc1ncnc2c1CN(c1nc3ccccc3c(=O)[nH]1)CC2. The first kappa shape index (κ1) is 13.7. The Morgan fingerprint density at radius 1 is 1.26 bits per heavy atom. The van der Waals surface area contributed by atoms with Gasteiger partial charge in [0.1, 0.15) is 6.33 Å². The molecule has 3 aromatic rings. The molecule has 0 atom stereocenters. The molecule has 0 spiro atoms. The molecule has 0 aliphatic carbocycles. The molecule has 0 unspecified atom stereocenters. The number of H-pyrrole nitrogens is 1. The minimum absolute atomic E-state index is 0.132. The standard InChI is InChI=1S/C16H15N5O2/c1-23-15-11-8-21(7-6-12(11)17-9-18-15)16-19-13-5-3-2-4-10(13)14(22)20-16/h2-5,9H,6-8H2,1H3,(H,19,20,22). The fourth-order valence-electron chi connectivity index (χ4n) is 2.90. The molecule has 4 rings (SSSR count). The first-order valence-electron chi connectivity index (χ1n) is 7.37. The molecule has 1 N–H and O–H groups in total. The second kappa shape index (κ2) is 5.35. The van der Waals surface area contributed by atoms with E-state index in [0.717, 1.165) is 24.2 Å². The lowest BCUT2D eigenvalue weighted by Gasteiger charge is -2.29. The van der Waals surface area contributed by atoms with E-state index in [1.165, 1.54) is 6.33 Å². The number of nitrogens with one attached hydrogen (secondary N) is 1. The van der Waals surface area contributed by atoms with E-state index < -0.39 is 0 Å². The van der Waals surface area contributed by atoms with Crippen LogP contribution in [0.15, 0.2) is 35.4 Å². The van der Waals surface area contributed by atoms with Crippen molar-refractivity contribution in [2.45, 2.75) is 13.0 Å². The third kappa shape index (κ3) is 2.30. The summed E-state index contributed by atoms with van der Waals surface area (Å²) < 4.78 is 5.32. The minimum atomic E-state index is -0.132. The first-order chi connectivity index (χ1) is 11.3. The van der Waals surface area contributed by atoms with Crippen molar-refractivity contribution in [1.82, 2.24) is 19.9 Å². The molecule has 0 radical (unpaired) electrons. The van der Waals surface area contributed by atoms with Crippen molar-refractivity contribution in [2.24, 2.45) is 0 Å². The van der Waals surface area contributed by atoms with Gasteiger partial charge in [0.15, 0.2) is 0 Å². The maximum Gasteiger partial charge on any atom is 0.260 e. The summed E-state index contributed by atoms with van der Waals surface area (Å²) in [6.45, 7) is 1.29. The van der Waals surface area contributed by atoms with Gasteiger partial charge in [-0.25, -0.2) is 15.0 Å². The molecule has 1 aliphatic heterocycles. The number of nitrogens with zero attached hydrogens (tertiary/aromatic N) is 4. The van der Waals surface area contributed by atoms with Gasteiger partial charge in [-0.2, -0.15) is 0 Å². The highest BCUT2D eigenvalue weighted by Gasteiger charge is 2.23. The number of fused-ring (bicyclic) bond motifs is 2. The van der Waals surface area contributed by atoms with Gasteiger partial charge in [-0.3, -0.25) is 9.78 Å². The summed E-state index contributed by atoms with van der Waals surface area (Å²) in [4.78, 5) is 30.2. The van der Waals surface area contributed by atoms with Crippen LogP contribution in [0, 0.1) is 0 Å². The Labute approximate surface area is 132 Å². The van der Waals surface area contributed by atoms with E-state index in [4.69, 9.17) is 4.74 Å². The highest BCUT2D eigenvalue weighted by Crippen LogP contribution is 2.26. The summed E-state index contributed by atoms with van der Waals surface area (Å²) >= 11 is 0. The minimum Gasteiger partial charge on any atom is -0.481 e. The van der Waals surface area contributed by atoms with Gasteiger partial charge in [-0.1, -0.05) is 12.1 Å². The van der Waals surface area contributed by atoms with Crippen LogP contribution in [0.1, 0.15) is 11.3 Å². The summed E-state index contributed by atoms with van der Waals surface area (Å²) in [6.07, 6.45) is 2.27. The van der Waals surface area contributed by atoms with Gasteiger partial charge in [0, 0.05) is 13.0 Å². The van der Waals surface area contributed by atoms with Crippen LogP contribution >= 0.6 is 0 Å². The summed E-state index contributed by atoms with van der Waals surface area (Å²) in [5, 5.41) is 0.592. The lowest BCUT2D eigenvalue weighted by Crippen LogP contribution is -2.34. The summed E-state index contributed by atoms with van der Waals surface area (Å²) in [6, 6.07) is 7.32. The summed E-state index contributed by atoms with van der Waals surface area (Å²) in [7, 11) is 1.59. The normalized spacial score (nSPS) is 13.9. The van der Waals surface area contributed by atoms with E-state index in [-0.39, 0.29) is 5.56 Å². The number of rotatable bonds is 2. The lowest BCUT2D eigenvalue weighted by atomic mass is 10.1. The Balaban J connectivity index is 1.76. The van der Waals surface area contributed by atoms with Crippen LogP contribution in [0.4, 0.5) is 5.95 Å². The van der Waals surface area contributed by atoms with Crippen LogP contribution < -0.4 is 15.2 Å². The Hall–Kier alpha value is -2.96. The Morgan fingerprint density at radius 3 is 3.00 bits per heavy atom. The molecular formula is C16H15N5O2. The third-order valence-electron chi connectivity index (χ3n) is 4.06. The number of anilines is 1. The molecule has 2 aromatic heterocycles. The molecule has 0 bridgehead atoms. The van der Waals surface area contributed by atoms with Crippen LogP contribution in [0.5, 0.6) is 5.88 Å². The maximum atomic E-state index is 12.2. The van der Waals surface area contributed by atoms with Gasteiger partial charge in [0.2, 0.25) is 11.8 Å². The topological polar surface area (TPSA) is 84.0 Å². The van der Waals surface area contributed by atoms with Gasteiger partial charge in [0.25, 0.3) is 5.56 Å². The van der Waals surface area contributed by atoms with Crippen molar-refractivity contribution >= 4 is 16.9 Å². The summed E-state index contributed by atoms with van der Waals surface area (Å²) in [5.74, 6) is 1.13. The zero-order valence-corrected chi connectivity index (χ0v) is 12.6. The highest BCUT2D eigenvalue weighted by molar-refractivity contribution is 5.78. The maximum absolute atomic E-state index is 12.2. The van der Waals surface area contributed by atoms with Crippen molar-refractivity contribution in [1.29, 1.82) is 0 Å². The highest BCUT2D eigenvalue weighted by atomic mass is 16.5. The zero-order chi connectivity index (χ0) is 15.8. The molecule has 7 heteroatoms. The number of hydrogen-bond donors (Lipinski definition) is 1. The van der Waals surface area contributed by atoms with E-state index in [9.17, 15) is 4.79 Å². The van der Waals surface area contributed by atoms with Gasteiger partial charge in [-0.05, 0) is 12.1 Å². The number of hydrogen-bond acceptors (Lipinski definition) is 6. The van der Waals surface area contributed by atoms with Crippen molar-refractivity contribution < 1.29 is 4.74 Å². The average Bonchev–Trinajstić information content (AvgIpc) is 2.60. The average molecular weight is 309 g/mol. The van der Waals surface area contributed by atoms with Gasteiger partial charge < -0.3 is 9.64 Å². The second-order valence-electron chi connectivity index (χ2n) is 5.39. The fourth-order valence-corrected chi connectivity index (χ4v) is 2.90. The zero-order valence-electron chi connectivity index (χ0n) is 12.6. The van der Waals surface area contributed by atoms with Gasteiger partial charge in [-0.15, -0.1) is 0 Å². The van der Waals surface area contributed by atoms with Crippen LogP contribution in [-0.2, 0) is 13.0 Å². The second-order valence-corrected chi connectivity index (χ2v) is 5.39. The van der Waals surface area contributed by atoms with Crippen molar-refractivity contribution in [2.75, 3.05) is 18.6 Å². The van der Waals surface area contributed by atoms with Crippen molar-refractivity contribution in [3.8, 4) is 5.88 Å². The van der Waals surface area contributed by atoms with Crippen LogP contribution in [-0.4, -0.2) is 33.6 Å². The molecule has 116 valence electrons. The summed E-state index contributed by atoms with van der Waals surface area (Å²) in [5.41, 5.74) is 2.48. The van der Waals surface area contributed by atoms with Crippen LogP contribution in [0.25, 0.3) is 10.9 Å². The molecule has 7 nitrogen and oxygen atoms in total. The number of para-hydroxylation sites is 1. The van der Waals surface area contributed by atoms with Crippen molar-refractivity contribution in [3.63, 3.8) is 0 Å². The Kier molecular flexibility index (Phi) is 3.18. The fraction of sp³-hybridized carbons (Fsp3) is 0.250. The van der Waals surface area contributed by atoms with Crippen LogP contribution in [0.3, 0.4) is 0 Å². The molecular weight excluding hydrogens is 294 g/mol. The quantitative estimate of drug-likeness (QED) is 0.768. The van der Waals surface area contributed by atoms with Gasteiger partial charge >= 0.3 is 0 Å². The van der Waals surface area contributed by atoms with Gasteiger partial charge in [0.05, 0.1) is 35.8 Å². The number of aromatic amines is 1. The van der Waals surface area contributed by atoms with Crippen LogP contribution in [0.2, 0.25) is 0 Å². The Morgan fingerprint density at radius 2 is 2.13 bits per heavy atom. The number of ether oxygens (including phenoxy) is 1. The largest absolute Gasteiger partial charge is 0.481 e. The molecule has 0 amide bonds. The number of benzene rings is 1. The van der Waals surface area contributed by atoms with Crippen molar-refractivity contribution in [3.05, 3.63) is 52.2 Å². The molecule has 0 saturated heterocycles. The van der Waals surface area contributed by atoms with E-state index in [2.05, 4.69) is 19.9 Å². The predicted octanol–water partition coefficient (Wildman–Crippen LogP) is 1.28. The predicted molar refractivity (Wildman–Crippen MR) is 85.7 cm³/mol. The van der Waals surface area contributed by atoms with E-state index in [0.29, 0.717) is 29.3 Å². The third-order valence-corrected chi connectivity index (χ3v) is 4.06. The van der Waals surface area contributed by atoms with E-state index in [1.54, 1.807) is 13.2 Å². The number of methoxy groups -OCH3 is 1. The molecule has 1 aliphatic rings. The number of aromatic nitrogens is 4. The molecule has 0 fully saturated rings. The monoisotopic (exact) mass is 309 g/mol. The molecule has 3 heterocycles. The lowest BCUT2D eigenvalue weighted by molar-refractivity contribution is 0.387. The molecule has 0 saturated carbocycles. The van der Waals surface area contributed by atoms with E-state index in [1.807, 2.05) is 23.1 Å².